The Bertz CT molecular complexity index is 682. The highest BCUT2D eigenvalue weighted by Crippen LogP contribution is 2.23. The molecule has 0 unspecified atom stereocenters. The lowest BCUT2D eigenvalue weighted by Crippen LogP contribution is -2.34. The van der Waals surface area contributed by atoms with Crippen LogP contribution in [0.3, 0.4) is 0 Å². The van der Waals surface area contributed by atoms with Crippen LogP contribution >= 0.6 is 15.9 Å². The minimum Gasteiger partial charge on any atom is -0.335 e. The van der Waals surface area contributed by atoms with Crippen LogP contribution in [0, 0.1) is 0 Å². The second kappa shape index (κ2) is 6.22. The zero-order valence-corrected chi connectivity index (χ0v) is 13.1. The largest absolute Gasteiger partial charge is 0.335 e. The summed E-state index contributed by atoms with van der Waals surface area (Å²) in [5, 5.41) is 0. The smallest absolute Gasteiger partial charge is 0.255 e. The van der Waals surface area contributed by atoms with Crippen molar-refractivity contribution in [3.05, 3.63) is 70.5 Å². The molecule has 0 radical (unpaired) electrons. The number of hydrogen-bond acceptors (Lipinski definition) is 2. The number of carbonyl (C=O) groups excluding carboxylic acids is 1. The first-order valence-electron chi connectivity index (χ1n) is 6.88. The number of carbonyl (C=O) groups is 1. The van der Waals surface area contributed by atoms with Gasteiger partial charge in [0.15, 0.2) is 0 Å². The van der Waals surface area contributed by atoms with E-state index in [1.807, 2.05) is 29.2 Å². The van der Waals surface area contributed by atoms with Crippen molar-refractivity contribution in [1.29, 1.82) is 0 Å². The summed E-state index contributed by atoms with van der Waals surface area (Å²) < 4.78 is 0.825. The molecule has 3 nitrogen and oxygen atoms in total. The van der Waals surface area contributed by atoms with E-state index in [1.54, 1.807) is 12.4 Å². The fourth-order valence-corrected chi connectivity index (χ4v) is 2.84. The van der Waals surface area contributed by atoms with Crippen LogP contribution < -0.4 is 0 Å². The van der Waals surface area contributed by atoms with Crippen molar-refractivity contribution in [3.63, 3.8) is 0 Å². The fourth-order valence-electron chi connectivity index (χ4n) is 2.48. The highest BCUT2D eigenvalue weighted by molar-refractivity contribution is 9.10. The minimum absolute atomic E-state index is 0.0344. The van der Waals surface area contributed by atoms with Gasteiger partial charge in [-0.15, -0.1) is 0 Å². The molecule has 0 fully saturated rings. The predicted molar refractivity (Wildman–Crippen MR) is 86.9 cm³/mol. The van der Waals surface area contributed by atoms with E-state index in [1.165, 1.54) is 11.1 Å². The van der Waals surface area contributed by atoms with Gasteiger partial charge in [0.25, 0.3) is 5.91 Å². The summed E-state index contributed by atoms with van der Waals surface area (Å²) in [6.07, 6.45) is 6.32. The number of hydrogen-bond donors (Lipinski definition) is 0. The zero-order valence-electron chi connectivity index (χ0n) is 11.5. The number of nitrogens with zero attached hydrogens (tertiary/aromatic N) is 2. The molecule has 0 spiro atoms. The molecule has 1 aromatic carbocycles. The Morgan fingerprint density at radius 1 is 1.19 bits per heavy atom. The summed E-state index contributed by atoms with van der Waals surface area (Å²) in [6, 6.07) is 12.1. The van der Waals surface area contributed by atoms with Gasteiger partial charge in [-0.3, -0.25) is 9.78 Å². The lowest BCUT2D eigenvalue weighted by Gasteiger charge is -2.26. The normalized spacial score (nSPS) is 14.7. The van der Waals surface area contributed by atoms with Crippen LogP contribution in [0.15, 0.2) is 59.3 Å². The summed E-state index contributed by atoms with van der Waals surface area (Å²) in [6.45, 7) is 1.39. The number of rotatable bonds is 2. The van der Waals surface area contributed by atoms with E-state index in [2.05, 4.69) is 39.1 Å². The van der Waals surface area contributed by atoms with Gasteiger partial charge in [0.2, 0.25) is 0 Å². The summed E-state index contributed by atoms with van der Waals surface area (Å²) >= 11 is 3.35. The monoisotopic (exact) mass is 342 g/mol. The average molecular weight is 343 g/mol. The molecule has 3 rings (SSSR count). The lowest BCUT2D eigenvalue weighted by molar-refractivity contribution is 0.0772. The molecule has 2 heterocycles. The number of amides is 1. The third kappa shape index (κ3) is 3.22. The van der Waals surface area contributed by atoms with Gasteiger partial charge in [-0.25, -0.2) is 0 Å². The van der Waals surface area contributed by atoms with E-state index in [-0.39, 0.29) is 5.91 Å². The molecule has 1 aliphatic heterocycles. The molecule has 0 atom stereocenters. The molecule has 0 aliphatic carbocycles. The highest BCUT2D eigenvalue weighted by atomic mass is 79.9. The van der Waals surface area contributed by atoms with Crippen LogP contribution in [0.1, 0.15) is 22.3 Å². The second-order valence-electron chi connectivity index (χ2n) is 4.99. The molecule has 1 aromatic heterocycles. The summed E-state index contributed by atoms with van der Waals surface area (Å²) in [5.74, 6) is 0.0344. The van der Waals surface area contributed by atoms with E-state index in [0.717, 1.165) is 17.4 Å². The molecule has 21 heavy (non-hydrogen) atoms. The van der Waals surface area contributed by atoms with Gasteiger partial charge in [0, 0.05) is 30.0 Å². The number of benzene rings is 1. The predicted octanol–water partition coefficient (Wildman–Crippen LogP) is 3.77. The van der Waals surface area contributed by atoms with Crippen molar-refractivity contribution in [2.24, 2.45) is 0 Å². The first kappa shape index (κ1) is 14.0. The van der Waals surface area contributed by atoms with Crippen molar-refractivity contribution in [1.82, 2.24) is 9.88 Å². The van der Waals surface area contributed by atoms with Gasteiger partial charge in [-0.05, 0) is 39.6 Å². The molecule has 0 saturated carbocycles. The maximum atomic E-state index is 12.4. The maximum Gasteiger partial charge on any atom is 0.255 e. The Morgan fingerprint density at radius 3 is 2.67 bits per heavy atom. The molecule has 0 N–H and O–H groups in total. The molecular formula is C17H15BrN2O. The van der Waals surface area contributed by atoms with Gasteiger partial charge in [-0.1, -0.05) is 36.4 Å². The Hall–Kier alpha value is -1.94. The van der Waals surface area contributed by atoms with Crippen LogP contribution in [0.25, 0.3) is 5.57 Å². The topological polar surface area (TPSA) is 33.2 Å². The van der Waals surface area contributed by atoms with E-state index < -0.39 is 0 Å². The fraction of sp³-hybridized carbons (Fsp3) is 0.176. The third-order valence-electron chi connectivity index (χ3n) is 3.59. The van der Waals surface area contributed by atoms with Gasteiger partial charge < -0.3 is 4.90 Å². The summed E-state index contributed by atoms with van der Waals surface area (Å²) in [4.78, 5) is 18.3. The van der Waals surface area contributed by atoms with E-state index >= 15 is 0 Å². The summed E-state index contributed by atoms with van der Waals surface area (Å²) in [7, 11) is 0. The molecule has 1 aliphatic rings. The Kier molecular flexibility index (Phi) is 4.15. The molecule has 4 heteroatoms. The standard InChI is InChI=1S/C17H15BrN2O/c18-16-10-15(11-19-12-16)17(21)20-8-6-14(7-9-20)13-4-2-1-3-5-13/h1-6,10-12H,7-9H2. The van der Waals surface area contributed by atoms with Gasteiger partial charge in [0.05, 0.1) is 5.56 Å². The average Bonchev–Trinajstić information content (AvgIpc) is 2.55. The van der Waals surface area contributed by atoms with Crippen molar-refractivity contribution in [2.45, 2.75) is 6.42 Å². The van der Waals surface area contributed by atoms with E-state index in [0.29, 0.717) is 12.1 Å². The Labute approximate surface area is 132 Å². The quantitative estimate of drug-likeness (QED) is 0.832. The lowest BCUT2D eigenvalue weighted by atomic mass is 9.99. The molecule has 1 amide bonds. The van der Waals surface area contributed by atoms with Gasteiger partial charge >= 0.3 is 0 Å². The minimum atomic E-state index is 0.0344. The van der Waals surface area contributed by atoms with Crippen molar-refractivity contribution in [3.8, 4) is 0 Å². The number of aromatic nitrogens is 1. The van der Waals surface area contributed by atoms with Crippen LogP contribution in [-0.2, 0) is 0 Å². The van der Waals surface area contributed by atoms with Crippen molar-refractivity contribution < 1.29 is 4.79 Å². The zero-order chi connectivity index (χ0) is 14.7. The van der Waals surface area contributed by atoms with Crippen LogP contribution in [0.2, 0.25) is 0 Å². The maximum absolute atomic E-state index is 12.4. The van der Waals surface area contributed by atoms with Crippen molar-refractivity contribution >= 4 is 27.4 Å². The van der Waals surface area contributed by atoms with Gasteiger partial charge in [-0.2, -0.15) is 0 Å². The molecule has 2 aromatic rings. The van der Waals surface area contributed by atoms with E-state index in [4.69, 9.17) is 0 Å². The molecule has 0 bridgehead atoms. The first-order valence-corrected chi connectivity index (χ1v) is 7.67. The Balaban J connectivity index is 1.73. The second-order valence-corrected chi connectivity index (χ2v) is 5.90. The molecule has 106 valence electrons. The molecule has 0 saturated heterocycles. The van der Waals surface area contributed by atoms with Gasteiger partial charge in [0.1, 0.15) is 0 Å². The van der Waals surface area contributed by atoms with E-state index in [9.17, 15) is 4.79 Å². The Morgan fingerprint density at radius 2 is 2.00 bits per heavy atom. The number of halogens is 1. The number of pyridine rings is 1. The van der Waals surface area contributed by atoms with Crippen LogP contribution in [0.5, 0.6) is 0 Å². The third-order valence-corrected chi connectivity index (χ3v) is 4.03. The first-order chi connectivity index (χ1) is 10.2. The summed E-state index contributed by atoms with van der Waals surface area (Å²) in [5.41, 5.74) is 3.18. The van der Waals surface area contributed by atoms with Crippen molar-refractivity contribution in [2.75, 3.05) is 13.1 Å². The molecular weight excluding hydrogens is 328 g/mol. The highest BCUT2D eigenvalue weighted by Gasteiger charge is 2.19. The van der Waals surface area contributed by atoms with Crippen LogP contribution in [0.4, 0.5) is 0 Å². The van der Waals surface area contributed by atoms with Crippen LogP contribution in [-0.4, -0.2) is 28.9 Å². The SMILES string of the molecule is O=C(c1cncc(Br)c1)N1CC=C(c2ccccc2)CC1.